The molecule has 1 unspecified atom stereocenters. The smallest absolute Gasteiger partial charge is 0.255 e. The molecule has 0 fully saturated rings. The molecule has 0 radical (unpaired) electrons. The highest BCUT2D eigenvalue weighted by atomic mass is 32.2. The lowest BCUT2D eigenvalue weighted by molar-refractivity contribution is 0.102. The van der Waals surface area contributed by atoms with E-state index in [0.717, 1.165) is 34.3 Å². The number of nitrogens with one attached hydrogen (secondary N) is 2. The van der Waals surface area contributed by atoms with Crippen molar-refractivity contribution in [2.24, 2.45) is 17.4 Å². The number of amides is 1. The van der Waals surface area contributed by atoms with Gasteiger partial charge in [0, 0.05) is 23.9 Å². The first-order valence-electron chi connectivity index (χ1n) is 12.5. The van der Waals surface area contributed by atoms with Gasteiger partial charge in [-0.1, -0.05) is 32.1 Å². The van der Waals surface area contributed by atoms with E-state index in [4.69, 9.17) is 4.74 Å². The SMILES string of the molecule is COc1c(NC(=O)c2ccc(C)c(N3CC(c4cnn(C)c4C)N=N3)c2)cc(C(C)(C)C)cc1NS(C)(=O)=O. The van der Waals surface area contributed by atoms with Crippen LogP contribution in [0.1, 0.15) is 59.6 Å². The number of rotatable bonds is 7. The standard InChI is InChI=1S/C27H35N7O4S/c1-16-9-10-18(11-24(16)34-15-23(30-32-34)20-14-28-33(6)17(20)2)26(35)29-21-12-19(27(3,4)5)13-22(25(21)38-7)31-39(8,36)37/h9-14,23,31H,15H2,1-8H3,(H,29,35). The molecule has 11 nitrogen and oxygen atoms in total. The van der Waals surface area contributed by atoms with Gasteiger partial charge in [-0.25, -0.2) is 13.4 Å². The van der Waals surface area contributed by atoms with Crippen LogP contribution < -0.4 is 19.8 Å². The Hall–Kier alpha value is -3.93. The van der Waals surface area contributed by atoms with E-state index in [1.807, 2.05) is 58.6 Å². The van der Waals surface area contributed by atoms with Crippen molar-refractivity contribution >= 4 is 33.0 Å². The number of aryl methyl sites for hydroxylation is 2. The average Bonchev–Trinajstić information content (AvgIpc) is 3.44. The maximum absolute atomic E-state index is 13.5. The number of sulfonamides is 1. The van der Waals surface area contributed by atoms with Crippen LogP contribution in [-0.4, -0.2) is 44.0 Å². The molecule has 0 saturated heterocycles. The van der Waals surface area contributed by atoms with Crippen LogP contribution in [0.3, 0.4) is 0 Å². The molecule has 0 saturated carbocycles. The van der Waals surface area contributed by atoms with Crippen LogP contribution in [0.2, 0.25) is 0 Å². The fraction of sp³-hybridized carbons (Fsp3) is 0.407. The number of methoxy groups -OCH3 is 1. The molecule has 1 amide bonds. The lowest BCUT2D eigenvalue weighted by atomic mass is 9.86. The Morgan fingerprint density at radius 3 is 2.41 bits per heavy atom. The Morgan fingerprint density at radius 2 is 1.82 bits per heavy atom. The molecule has 4 rings (SSSR count). The Morgan fingerprint density at radius 1 is 1.13 bits per heavy atom. The van der Waals surface area contributed by atoms with Crippen LogP contribution in [0, 0.1) is 13.8 Å². The third-order valence-corrected chi connectivity index (χ3v) is 7.32. The predicted molar refractivity (Wildman–Crippen MR) is 152 cm³/mol. The van der Waals surface area contributed by atoms with Crippen molar-refractivity contribution in [3.05, 3.63) is 64.5 Å². The van der Waals surface area contributed by atoms with Crippen molar-refractivity contribution in [1.82, 2.24) is 9.78 Å². The maximum Gasteiger partial charge on any atom is 0.255 e. The number of aromatic nitrogens is 2. The molecule has 0 bridgehead atoms. The first kappa shape index (κ1) is 28.1. The molecule has 3 aromatic rings. The number of ether oxygens (including phenoxy) is 1. The maximum atomic E-state index is 13.5. The highest BCUT2D eigenvalue weighted by Gasteiger charge is 2.27. The van der Waals surface area contributed by atoms with Gasteiger partial charge in [0.05, 0.1) is 43.2 Å². The largest absolute Gasteiger partial charge is 0.492 e. The molecule has 2 aromatic carbocycles. The Balaban J connectivity index is 1.64. The third kappa shape index (κ3) is 6.06. The number of carbonyl (C=O) groups excluding carboxylic acids is 1. The summed E-state index contributed by atoms with van der Waals surface area (Å²) in [6.07, 6.45) is 2.88. The summed E-state index contributed by atoms with van der Waals surface area (Å²) in [6.45, 7) is 10.5. The molecule has 1 aliphatic rings. The Bertz CT molecular complexity index is 1550. The molecule has 12 heteroatoms. The molecule has 39 heavy (non-hydrogen) atoms. The summed E-state index contributed by atoms with van der Waals surface area (Å²) < 4.78 is 33.9. The van der Waals surface area contributed by atoms with Gasteiger partial charge in [0.25, 0.3) is 5.91 Å². The van der Waals surface area contributed by atoms with Crippen LogP contribution in [0.5, 0.6) is 5.75 Å². The lowest BCUT2D eigenvalue weighted by Gasteiger charge is -2.24. The third-order valence-electron chi connectivity index (χ3n) is 6.73. The number of hydrogen-bond acceptors (Lipinski definition) is 8. The molecular formula is C27H35N7O4S. The average molecular weight is 554 g/mol. The van der Waals surface area contributed by atoms with Gasteiger partial charge in [-0.15, -0.1) is 0 Å². The molecule has 1 aliphatic heterocycles. The van der Waals surface area contributed by atoms with Crippen LogP contribution in [0.25, 0.3) is 0 Å². The first-order chi connectivity index (χ1) is 18.2. The van der Waals surface area contributed by atoms with Gasteiger partial charge in [-0.2, -0.15) is 10.2 Å². The Labute approximate surface area is 229 Å². The summed E-state index contributed by atoms with van der Waals surface area (Å²) >= 11 is 0. The van der Waals surface area contributed by atoms with E-state index >= 15 is 0 Å². The number of hydrogen-bond donors (Lipinski definition) is 2. The number of anilines is 3. The number of carbonyl (C=O) groups is 1. The van der Waals surface area contributed by atoms with Crippen molar-refractivity contribution in [3.8, 4) is 5.75 Å². The van der Waals surface area contributed by atoms with Gasteiger partial charge in [0.1, 0.15) is 6.04 Å². The number of benzene rings is 2. The van der Waals surface area contributed by atoms with Crippen molar-refractivity contribution in [2.45, 2.75) is 46.1 Å². The van der Waals surface area contributed by atoms with Crippen molar-refractivity contribution in [2.75, 3.05) is 35.0 Å². The fourth-order valence-corrected chi connectivity index (χ4v) is 4.94. The molecule has 2 N–H and O–H groups in total. The van der Waals surface area contributed by atoms with Crippen molar-refractivity contribution in [1.29, 1.82) is 0 Å². The second kappa shape index (κ2) is 10.3. The summed E-state index contributed by atoms with van der Waals surface area (Å²) in [5.41, 5.74) is 5.28. The van der Waals surface area contributed by atoms with Gasteiger partial charge in [-0.3, -0.25) is 14.2 Å². The summed E-state index contributed by atoms with van der Waals surface area (Å²) in [5, 5.41) is 17.8. The summed E-state index contributed by atoms with van der Waals surface area (Å²) in [5.74, 6) is -0.154. The molecule has 208 valence electrons. The quantitative estimate of drug-likeness (QED) is 0.428. The van der Waals surface area contributed by atoms with Gasteiger partial charge in [-0.05, 0) is 54.7 Å². The molecule has 0 aliphatic carbocycles. The van der Waals surface area contributed by atoms with Crippen molar-refractivity contribution < 1.29 is 17.9 Å². The predicted octanol–water partition coefficient (Wildman–Crippen LogP) is 4.90. The molecule has 0 spiro atoms. The zero-order valence-corrected chi connectivity index (χ0v) is 24.3. The zero-order valence-electron chi connectivity index (χ0n) is 23.5. The van der Waals surface area contributed by atoms with E-state index < -0.39 is 10.0 Å². The second-order valence-corrected chi connectivity index (χ2v) is 12.5. The highest BCUT2D eigenvalue weighted by molar-refractivity contribution is 7.92. The summed E-state index contributed by atoms with van der Waals surface area (Å²) in [7, 11) is -0.269. The molecule has 1 aromatic heterocycles. The van der Waals surface area contributed by atoms with Gasteiger partial charge in [0.15, 0.2) is 5.75 Å². The molecule has 2 heterocycles. The summed E-state index contributed by atoms with van der Waals surface area (Å²) in [6, 6.07) is 8.74. The highest BCUT2D eigenvalue weighted by Crippen LogP contribution is 2.39. The topological polar surface area (TPSA) is 130 Å². The van der Waals surface area contributed by atoms with E-state index in [0.29, 0.717) is 17.8 Å². The monoisotopic (exact) mass is 553 g/mol. The van der Waals surface area contributed by atoms with E-state index in [2.05, 4.69) is 25.5 Å². The molecular weight excluding hydrogens is 518 g/mol. The van der Waals surface area contributed by atoms with Crippen LogP contribution in [0.15, 0.2) is 46.9 Å². The van der Waals surface area contributed by atoms with Gasteiger partial charge in [0.2, 0.25) is 10.0 Å². The zero-order chi connectivity index (χ0) is 28.7. The molecule has 1 atom stereocenters. The normalized spacial score (nSPS) is 15.5. The minimum Gasteiger partial charge on any atom is -0.492 e. The van der Waals surface area contributed by atoms with E-state index in [-0.39, 0.29) is 28.8 Å². The van der Waals surface area contributed by atoms with Gasteiger partial charge < -0.3 is 10.1 Å². The lowest BCUT2D eigenvalue weighted by Crippen LogP contribution is -2.20. The second-order valence-electron chi connectivity index (χ2n) is 10.8. The van der Waals surface area contributed by atoms with Crippen LogP contribution >= 0.6 is 0 Å². The Kier molecular flexibility index (Phi) is 7.44. The van der Waals surface area contributed by atoms with Crippen LogP contribution in [0.4, 0.5) is 17.1 Å². The van der Waals surface area contributed by atoms with Gasteiger partial charge >= 0.3 is 0 Å². The van der Waals surface area contributed by atoms with E-state index in [1.54, 1.807) is 29.3 Å². The first-order valence-corrected chi connectivity index (χ1v) is 14.4. The van der Waals surface area contributed by atoms with E-state index in [1.165, 1.54) is 7.11 Å². The van der Waals surface area contributed by atoms with Crippen molar-refractivity contribution in [3.63, 3.8) is 0 Å². The fourth-order valence-electron chi connectivity index (χ4n) is 4.38. The number of nitrogens with zero attached hydrogens (tertiary/aromatic N) is 5. The minimum absolute atomic E-state index is 0.152. The minimum atomic E-state index is -3.59. The summed E-state index contributed by atoms with van der Waals surface area (Å²) in [4.78, 5) is 13.5. The van der Waals surface area contributed by atoms with Crippen LogP contribution in [-0.2, 0) is 22.5 Å². The van der Waals surface area contributed by atoms with E-state index in [9.17, 15) is 13.2 Å².